The largest absolute Gasteiger partial charge is 0.497 e. The van der Waals surface area contributed by atoms with Crippen LogP contribution in [0.5, 0.6) is 5.75 Å². The molecule has 5 nitrogen and oxygen atoms in total. The number of ether oxygens (including phenoxy) is 1. The Kier molecular flexibility index (Phi) is 7.28. The molecule has 0 saturated heterocycles. The Morgan fingerprint density at radius 2 is 1.66 bits per heavy atom. The zero-order valence-electron chi connectivity index (χ0n) is 17.2. The van der Waals surface area contributed by atoms with E-state index in [2.05, 4.69) is 10.6 Å². The number of methoxy groups -OCH3 is 1. The summed E-state index contributed by atoms with van der Waals surface area (Å²) in [5.41, 5.74) is 3.10. The lowest BCUT2D eigenvalue weighted by atomic mass is 9.81. The van der Waals surface area contributed by atoms with Crippen LogP contribution in [0.25, 0.3) is 0 Å². The first-order valence-electron chi connectivity index (χ1n) is 10.3. The molecule has 154 valence electrons. The van der Waals surface area contributed by atoms with Crippen LogP contribution in [0.4, 0.5) is 5.69 Å². The van der Waals surface area contributed by atoms with Crippen molar-refractivity contribution in [2.75, 3.05) is 19.0 Å². The van der Waals surface area contributed by atoms with Crippen LogP contribution in [-0.4, -0.2) is 25.5 Å². The van der Waals surface area contributed by atoms with Crippen molar-refractivity contribution in [3.63, 3.8) is 0 Å². The molecule has 1 aliphatic carbocycles. The number of hydrogen-bond acceptors (Lipinski definition) is 3. The van der Waals surface area contributed by atoms with Crippen LogP contribution in [0.1, 0.15) is 36.8 Å². The number of rotatable bonds is 7. The van der Waals surface area contributed by atoms with E-state index in [0.717, 1.165) is 54.7 Å². The zero-order valence-corrected chi connectivity index (χ0v) is 17.2. The summed E-state index contributed by atoms with van der Waals surface area (Å²) >= 11 is 0. The van der Waals surface area contributed by atoms with Crippen molar-refractivity contribution in [3.8, 4) is 5.75 Å². The van der Waals surface area contributed by atoms with Crippen LogP contribution >= 0.6 is 0 Å². The van der Waals surface area contributed by atoms with Gasteiger partial charge in [-0.3, -0.25) is 9.59 Å². The van der Waals surface area contributed by atoms with Crippen molar-refractivity contribution in [3.05, 3.63) is 59.7 Å². The SMILES string of the molecule is COc1cccc(CCNC(=O)C2CCC(C(=O)Nc3cccc(C)c3)CC2)c1. The number of amides is 2. The summed E-state index contributed by atoms with van der Waals surface area (Å²) < 4.78 is 5.23. The first-order chi connectivity index (χ1) is 14.0. The molecular formula is C24H30N2O3. The molecule has 1 aliphatic rings. The second kappa shape index (κ2) is 10.1. The fourth-order valence-electron chi connectivity index (χ4n) is 3.89. The Labute approximate surface area is 172 Å². The minimum Gasteiger partial charge on any atom is -0.497 e. The van der Waals surface area contributed by atoms with E-state index < -0.39 is 0 Å². The maximum Gasteiger partial charge on any atom is 0.227 e. The zero-order chi connectivity index (χ0) is 20.6. The van der Waals surface area contributed by atoms with Gasteiger partial charge in [0.2, 0.25) is 11.8 Å². The maximum absolute atomic E-state index is 12.5. The monoisotopic (exact) mass is 394 g/mol. The van der Waals surface area contributed by atoms with Gasteiger partial charge in [0.25, 0.3) is 0 Å². The lowest BCUT2D eigenvalue weighted by molar-refractivity contribution is -0.128. The fraction of sp³-hybridized carbons (Fsp3) is 0.417. The smallest absolute Gasteiger partial charge is 0.227 e. The molecule has 3 rings (SSSR count). The molecule has 2 N–H and O–H groups in total. The number of benzene rings is 2. The van der Waals surface area contributed by atoms with Gasteiger partial charge in [0.05, 0.1) is 7.11 Å². The van der Waals surface area contributed by atoms with Crippen molar-refractivity contribution in [1.82, 2.24) is 5.32 Å². The van der Waals surface area contributed by atoms with Gasteiger partial charge in [0.15, 0.2) is 0 Å². The van der Waals surface area contributed by atoms with E-state index in [0.29, 0.717) is 6.54 Å². The van der Waals surface area contributed by atoms with Gasteiger partial charge in [0, 0.05) is 24.1 Å². The maximum atomic E-state index is 12.5. The first kappa shape index (κ1) is 20.9. The van der Waals surface area contributed by atoms with Gasteiger partial charge in [0.1, 0.15) is 5.75 Å². The van der Waals surface area contributed by atoms with Crippen LogP contribution in [-0.2, 0) is 16.0 Å². The summed E-state index contributed by atoms with van der Waals surface area (Å²) in [5.74, 6) is 0.980. The van der Waals surface area contributed by atoms with E-state index in [-0.39, 0.29) is 23.7 Å². The minimum absolute atomic E-state index is 0.00308. The van der Waals surface area contributed by atoms with Crippen LogP contribution in [0.15, 0.2) is 48.5 Å². The van der Waals surface area contributed by atoms with Gasteiger partial charge in [-0.15, -0.1) is 0 Å². The van der Waals surface area contributed by atoms with Crippen molar-refractivity contribution in [2.45, 2.75) is 39.0 Å². The average Bonchev–Trinajstić information content (AvgIpc) is 2.74. The number of hydrogen-bond donors (Lipinski definition) is 2. The highest BCUT2D eigenvalue weighted by Gasteiger charge is 2.29. The molecule has 0 aliphatic heterocycles. The second-order valence-electron chi connectivity index (χ2n) is 7.80. The van der Waals surface area contributed by atoms with Gasteiger partial charge in [-0.1, -0.05) is 24.3 Å². The predicted molar refractivity (Wildman–Crippen MR) is 115 cm³/mol. The molecule has 0 atom stereocenters. The summed E-state index contributed by atoms with van der Waals surface area (Å²) in [4.78, 5) is 25.0. The molecule has 0 aromatic heterocycles. The lowest BCUT2D eigenvalue weighted by Crippen LogP contribution is -2.36. The van der Waals surface area contributed by atoms with E-state index >= 15 is 0 Å². The molecule has 1 fully saturated rings. The molecule has 2 aromatic carbocycles. The standard InChI is InChI=1S/C24H30N2O3/c1-17-5-3-7-21(15-17)26-24(28)20-11-9-19(10-12-20)23(27)25-14-13-18-6-4-8-22(16-18)29-2/h3-8,15-16,19-20H,9-14H2,1-2H3,(H,25,27)(H,26,28). The van der Waals surface area contributed by atoms with E-state index in [9.17, 15) is 9.59 Å². The van der Waals surface area contributed by atoms with E-state index in [1.54, 1.807) is 7.11 Å². The minimum atomic E-state index is -0.0173. The summed E-state index contributed by atoms with van der Waals surface area (Å²) in [7, 11) is 1.65. The number of carbonyl (C=O) groups is 2. The Hall–Kier alpha value is -2.82. The Bertz CT molecular complexity index is 842. The summed E-state index contributed by atoms with van der Waals surface area (Å²) in [6.07, 6.45) is 3.81. The molecule has 0 radical (unpaired) electrons. The summed E-state index contributed by atoms with van der Waals surface area (Å²) in [6.45, 7) is 2.62. The third kappa shape index (κ3) is 6.08. The summed E-state index contributed by atoms with van der Waals surface area (Å²) in [6, 6.07) is 15.7. The molecule has 29 heavy (non-hydrogen) atoms. The Balaban J connectivity index is 1.40. The topological polar surface area (TPSA) is 67.4 Å². The quantitative estimate of drug-likeness (QED) is 0.743. The van der Waals surface area contributed by atoms with Crippen LogP contribution in [0, 0.1) is 18.8 Å². The number of nitrogens with one attached hydrogen (secondary N) is 2. The van der Waals surface area contributed by atoms with E-state index in [1.807, 2.05) is 55.5 Å². The Morgan fingerprint density at radius 1 is 0.966 bits per heavy atom. The third-order valence-electron chi connectivity index (χ3n) is 5.60. The molecular weight excluding hydrogens is 364 g/mol. The highest BCUT2D eigenvalue weighted by atomic mass is 16.5. The van der Waals surface area contributed by atoms with Gasteiger partial charge < -0.3 is 15.4 Å². The fourth-order valence-corrected chi connectivity index (χ4v) is 3.89. The van der Waals surface area contributed by atoms with E-state index in [1.165, 1.54) is 0 Å². The number of carbonyl (C=O) groups excluding carboxylic acids is 2. The van der Waals surface area contributed by atoms with Crippen molar-refractivity contribution >= 4 is 17.5 Å². The first-order valence-corrected chi connectivity index (χ1v) is 10.3. The number of aryl methyl sites for hydroxylation is 1. The van der Waals surface area contributed by atoms with E-state index in [4.69, 9.17) is 4.74 Å². The highest BCUT2D eigenvalue weighted by molar-refractivity contribution is 5.92. The van der Waals surface area contributed by atoms with Crippen molar-refractivity contribution < 1.29 is 14.3 Å². The van der Waals surface area contributed by atoms with Crippen molar-refractivity contribution in [1.29, 1.82) is 0 Å². The molecule has 0 spiro atoms. The summed E-state index contributed by atoms with van der Waals surface area (Å²) in [5, 5.41) is 6.06. The molecule has 5 heteroatoms. The molecule has 2 aromatic rings. The van der Waals surface area contributed by atoms with Gasteiger partial charge in [-0.2, -0.15) is 0 Å². The molecule has 1 saturated carbocycles. The van der Waals surface area contributed by atoms with Crippen molar-refractivity contribution in [2.24, 2.45) is 11.8 Å². The van der Waals surface area contributed by atoms with Crippen LogP contribution < -0.4 is 15.4 Å². The molecule has 0 heterocycles. The molecule has 0 bridgehead atoms. The predicted octanol–water partition coefficient (Wildman–Crippen LogP) is 4.11. The average molecular weight is 395 g/mol. The second-order valence-corrected chi connectivity index (χ2v) is 7.80. The Morgan fingerprint density at radius 3 is 2.34 bits per heavy atom. The molecule has 0 unspecified atom stereocenters. The van der Waals surface area contributed by atoms with Gasteiger partial charge in [-0.25, -0.2) is 0 Å². The highest BCUT2D eigenvalue weighted by Crippen LogP contribution is 2.30. The lowest BCUT2D eigenvalue weighted by Gasteiger charge is -2.27. The van der Waals surface area contributed by atoms with Gasteiger partial charge in [-0.05, 0) is 74.4 Å². The number of anilines is 1. The van der Waals surface area contributed by atoms with Gasteiger partial charge >= 0.3 is 0 Å². The normalized spacial score (nSPS) is 18.7. The third-order valence-corrected chi connectivity index (χ3v) is 5.60. The van der Waals surface area contributed by atoms with Crippen LogP contribution in [0.2, 0.25) is 0 Å². The molecule has 2 amide bonds. The van der Waals surface area contributed by atoms with Crippen LogP contribution in [0.3, 0.4) is 0 Å².